The predicted molar refractivity (Wildman–Crippen MR) is 101 cm³/mol. The number of hydrogen-bond donors (Lipinski definition) is 0. The van der Waals surface area contributed by atoms with E-state index in [0.717, 1.165) is 31.5 Å². The molecule has 1 aromatic carbocycles. The molecule has 0 atom stereocenters. The summed E-state index contributed by atoms with van der Waals surface area (Å²) in [5.41, 5.74) is 2.64. The molecule has 1 aliphatic heterocycles. The summed E-state index contributed by atoms with van der Waals surface area (Å²) in [5.74, 6) is 0.689. The molecule has 132 valence electrons. The van der Waals surface area contributed by atoms with Gasteiger partial charge in [-0.15, -0.1) is 18.3 Å². The monoisotopic (exact) mass is 358 g/mol. The number of allylic oxidation sites excluding steroid dienone is 2. The first kappa shape index (κ1) is 17.9. The first-order valence-electron chi connectivity index (χ1n) is 8.76. The molecule has 0 unspecified atom stereocenters. The van der Waals surface area contributed by atoms with Gasteiger partial charge in [-0.1, -0.05) is 18.2 Å². The molecule has 2 aliphatic rings. The highest BCUT2D eigenvalue weighted by atomic mass is 32.2. The van der Waals surface area contributed by atoms with E-state index in [4.69, 9.17) is 4.99 Å². The average molecular weight is 358 g/mol. The van der Waals surface area contributed by atoms with Crippen molar-refractivity contribution in [2.75, 3.05) is 12.3 Å². The van der Waals surface area contributed by atoms with E-state index in [1.807, 2.05) is 0 Å². The number of halogens is 1. The molecule has 0 radical (unpaired) electrons. The summed E-state index contributed by atoms with van der Waals surface area (Å²) in [6.45, 7) is 4.21. The highest BCUT2D eigenvalue weighted by Gasteiger charge is 2.24. The number of amides is 1. The summed E-state index contributed by atoms with van der Waals surface area (Å²) in [4.78, 5) is 19.7. The Bertz CT molecular complexity index is 726. The summed E-state index contributed by atoms with van der Waals surface area (Å²) < 4.78 is 13.7. The van der Waals surface area contributed by atoms with Crippen molar-refractivity contribution in [3.63, 3.8) is 0 Å². The molecule has 0 aromatic heterocycles. The highest BCUT2D eigenvalue weighted by Crippen LogP contribution is 2.32. The maximum absolute atomic E-state index is 13.7. The number of amidine groups is 1. The fourth-order valence-corrected chi connectivity index (χ4v) is 4.10. The van der Waals surface area contributed by atoms with Crippen molar-refractivity contribution in [1.82, 2.24) is 4.90 Å². The lowest BCUT2D eigenvalue weighted by Gasteiger charge is -2.29. The smallest absolute Gasteiger partial charge is 0.238 e. The largest absolute Gasteiger partial charge is 0.296 e. The molecular weight excluding hydrogens is 335 g/mol. The second-order valence-electron chi connectivity index (χ2n) is 6.30. The van der Waals surface area contributed by atoms with Crippen LogP contribution in [0.1, 0.15) is 38.5 Å². The number of thioether (sulfide) groups is 1. The van der Waals surface area contributed by atoms with Gasteiger partial charge < -0.3 is 0 Å². The summed E-state index contributed by atoms with van der Waals surface area (Å²) in [6, 6.07) is 6.54. The van der Waals surface area contributed by atoms with Crippen LogP contribution in [0.15, 0.2) is 58.1 Å². The van der Waals surface area contributed by atoms with Gasteiger partial charge in [0, 0.05) is 23.6 Å². The van der Waals surface area contributed by atoms with Crippen molar-refractivity contribution in [3.05, 3.63) is 54.0 Å². The van der Waals surface area contributed by atoms with Crippen LogP contribution >= 0.6 is 11.8 Å². The van der Waals surface area contributed by atoms with E-state index in [2.05, 4.69) is 6.58 Å². The Balaban J connectivity index is 1.71. The van der Waals surface area contributed by atoms with Gasteiger partial charge in [0.25, 0.3) is 0 Å². The van der Waals surface area contributed by atoms with Gasteiger partial charge in [-0.05, 0) is 49.8 Å². The zero-order valence-corrected chi connectivity index (χ0v) is 15.2. The SMILES string of the molecule is C=CCN(C(=O)CSc1ccccc1F)C1=NC2=C(CCCC2)CC1. The Morgan fingerprint density at radius 2 is 2.04 bits per heavy atom. The molecule has 25 heavy (non-hydrogen) atoms. The number of nitrogens with zero attached hydrogens (tertiary/aromatic N) is 2. The van der Waals surface area contributed by atoms with Crippen LogP contribution in [-0.4, -0.2) is 28.9 Å². The zero-order chi connectivity index (χ0) is 17.6. The Morgan fingerprint density at radius 3 is 2.84 bits per heavy atom. The van der Waals surface area contributed by atoms with Gasteiger partial charge in [-0.3, -0.25) is 9.69 Å². The molecule has 0 saturated carbocycles. The number of aliphatic imine (C=N–C) groups is 1. The van der Waals surface area contributed by atoms with Gasteiger partial charge in [0.15, 0.2) is 0 Å². The van der Waals surface area contributed by atoms with Gasteiger partial charge in [-0.25, -0.2) is 9.38 Å². The molecule has 3 rings (SSSR count). The second kappa shape index (κ2) is 8.48. The maximum Gasteiger partial charge on any atom is 0.238 e. The maximum atomic E-state index is 13.7. The number of carbonyl (C=O) groups excluding carboxylic acids is 1. The highest BCUT2D eigenvalue weighted by molar-refractivity contribution is 8.00. The molecule has 1 aliphatic carbocycles. The standard InChI is InChI=1S/C20H23FN2OS/c1-2-13-23(19-12-11-15-7-3-5-9-17(15)22-19)20(24)14-25-18-10-6-4-8-16(18)21/h2,4,6,8,10H,1,3,5,7,9,11-14H2. The fourth-order valence-electron chi connectivity index (χ4n) is 3.29. The van der Waals surface area contributed by atoms with E-state index in [9.17, 15) is 9.18 Å². The number of hydrogen-bond acceptors (Lipinski definition) is 3. The lowest BCUT2D eigenvalue weighted by Crippen LogP contribution is -2.39. The first-order chi connectivity index (χ1) is 12.2. The molecule has 0 bridgehead atoms. The summed E-state index contributed by atoms with van der Waals surface area (Å²) in [7, 11) is 0. The van der Waals surface area contributed by atoms with Crippen LogP contribution in [0.4, 0.5) is 4.39 Å². The van der Waals surface area contributed by atoms with Crippen molar-refractivity contribution in [2.24, 2.45) is 4.99 Å². The zero-order valence-electron chi connectivity index (χ0n) is 14.3. The Hall–Kier alpha value is -1.88. The predicted octanol–water partition coefficient (Wildman–Crippen LogP) is 4.95. The van der Waals surface area contributed by atoms with Crippen LogP contribution in [0, 0.1) is 5.82 Å². The van der Waals surface area contributed by atoms with Gasteiger partial charge >= 0.3 is 0 Å². The van der Waals surface area contributed by atoms with Crippen LogP contribution in [0.3, 0.4) is 0 Å². The topological polar surface area (TPSA) is 32.7 Å². The minimum atomic E-state index is -0.289. The van der Waals surface area contributed by atoms with Crippen molar-refractivity contribution in [2.45, 2.75) is 43.4 Å². The quantitative estimate of drug-likeness (QED) is 0.551. The number of carbonyl (C=O) groups is 1. The normalized spacial score (nSPS) is 16.9. The van der Waals surface area contributed by atoms with Crippen molar-refractivity contribution < 1.29 is 9.18 Å². The van der Waals surface area contributed by atoms with Crippen molar-refractivity contribution in [3.8, 4) is 0 Å². The molecule has 0 saturated heterocycles. The Labute approximate surface area is 152 Å². The van der Waals surface area contributed by atoms with Gasteiger partial charge in [0.1, 0.15) is 11.7 Å². The van der Waals surface area contributed by atoms with E-state index in [1.165, 1.54) is 41.9 Å². The molecule has 1 aromatic rings. The van der Waals surface area contributed by atoms with Crippen LogP contribution in [0.25, 0.3) is 0 Å². The third-order valence-electron chi connectivity index (χ3n) is 4.58. The molecule has 1 amide bonds. The fraction of sp³-hybridized carbons (Fsp3) is 0.400. The first-order valence-corrected chi connectivity index (χ1v) is 9.74. The van der Waals surface area contributed by atoms with Gasteiger partial charge in [0.05, 0.1) is 5.75 Å². The van der Waals surface area contributed by atoms with E-state index >= 15 is 0 Å². The van der Waals surface area contributed by atoms with E-state index < -0.39 is 0 Å². The summed E-state index contributed by atoms with van der Waals surface area (Å²) in [5, 5.41) is 0. The van der Waals surface area contributed by atoms with Crippen LogP contribution in [0.5, 0.6) is 0 Å². The third-order valence-corrected chi connectivity index (χ3v) is 5.61. The molecule has 0 fully saturated rings. The molecular formula is C20H23FN2OS. The Morgan fingerprint density at radius 1 is 1.24 bits per heavy atom. The van der Waals surface area contributed by atoms with Crippen molar-refractivity contribution in [1.29, 1.82) is 0 Å². The average Bonchev–Trinajstić information content (AvgIpc) is 2.65. The lowest BCUT2D eigenvalue weighted by molar-refractivity contribution is -0.124. The van der Waals surface area contributed by atoms with Crippen LogP contribution in [0.2, 0.25) is 0 Å². The minimum absolute atomic E-state index is 0.0493. The Kier molecular flexibility index (Phi) is 6.08. The van der Waals surface area contributed by atoms with Crippen molar-refractivity contribution >= 4 is 23.5 Å². The van der Waals surface area contributed by atoms with Crippen LogP contribution in [-0.2, 0) is 4.79 Å². The second-order valence-corrected chi connectivity index (χ2v) is 7.31. The molecule has 0 spiro atoms. The van der Waals surface area contributed by atoms with E-state index in [1.54, 1.807) is 29.2 Å². The molecule has 5 heteroatoms. The molecule has 0 N–H and O–H groups in total. The third kappa shape index (κ3) is 4.40. The number of benzene rings is 1. The number of rotatable bonds is 5. The van der Waals surface area contributed by atoms with Gasteiger partial charge in [-0.2, -0.15) is 0 Å². The van der Waals surface area contributed by atoms with E-state index in [0.29, 0.717) is 11.4 Å². The van der Waals surface area contributed by atoms with Gasteiger partial charge in [0.2, 0.25) is 5.91 Å². The summed E-state index contributed by atoms with van der Waals surface area (Å²) in [6.07, 6.45) is 8.09. The molecule has 1 heterocycles. The summed E-state index contributed by atoms with van der Waals surface area (Å²) >= 11 is 1.23. The minimum Gasteiger partial charge on any atom is -0.296 e. The molecule has 3 nitrogen and oxygen atoms in total. The lowest BCUT2D eigenvalue weighted by atomic mass is 9.91. The van der Waals surface area contributed by atoms with Crippen LogP contribution < -0.4 is 0 Å². The van der Waals surface area contributed by atoms with E-state index in [-0.39, 0.29) is 17.5 Å².